The zero-order valence-corrected chi connectivity index (χ0v) is 13.8. The van der Waals surface area contributed by atoms with E-state index in [-0.39, 0.29) is 0 Å². The number of nitrogens with two attached hydrogens (primary N) is 2. The van der Waals surface area contributed by atoms with E-state index in [0.29, 0.717) is 45.5 Å². The number of nitrogen functional groups attached to an aromatic ring is 2. The predicted octanol–water partition coefficient (Wildman–Crippen LogP) is 2.71. The molecule has 0 bridgehead atoms. The van der Waals surface area contributed by atoms with Gasteiger partial charge in [-0.05, 0) is 12.1 Å². The minimum atomic E-state index is 0.492. The number of anilines is 2. The van der Waals surface area contributed by atoms with Crippen molar-refractivity contribution in [1.29, 1.82) is 0 Å². The van der Waals surface area contributed by atoms with Crippen LogP contribution in [0.4, 0.5) is 11.4 Å². The Labute approximate surface area is 131 Å². The van der Waals surface area contributed by atoms with Crippen LogP contribution in [-0.4, -0.2) is 21.3 Å². The lowest BCUT2D eigenvalue weighted by Crippen LogP contribution is -1.99. The fraction of sp³-hybridized carbons (Fsp3) is 0.200. The average molecular weight is 322 g/mol. The van der Waals surface area contributed by atoms with Crippen molar-refractivity contribution in [2.75, 3.05) is 32.8 Å². The highest BCUT2D eigenvalue weighted by Crippen LogP contribution is 2.47. The van der Waals surface area contributed by atoms with Gasteiger partial charge in [0.1, 0.15) is 0 Å². The fourth-order valence-electron chi connectivity index (χ4n) is 2.31. The second-order valence-corrected chi connectivity index (χ2v) is 4.76. The summed E-state index contributed by atoms with van der Waals surface area (Å²) in [4.78, 5) is 0. The van der Waals surface area contributed by atoms with E-state index in [1.54, 1.807) is 45.6 Å². The van der Waals surface area contributed by atoms with E-state index in [1.165, 1.54) is 0 Å². The van der Waals surface area contributed by atoms with Crippen molar-refractivity contribution in [2.45, 2.75) is 0 Å². The van der Waals surface area contributed by atoms with Crippen LogP contribution in [0.25, 0.3) is 11.1 Å². The highest BCUT2D eigenvalue weighted by Gasteiger charge is 2.20. The molecule has 0 aliphatic rings. The lowest BCUT2D eigenvalue weighted by molar-refractivity contribution is 0.356. The van der Waals surface area contributed by atoms with E-state index in [0.717, 1.165) is 0 Å². The molecule has 6 nitrogen and oxygen atoms in total. The molecule has 0 aromatic heterocycles. The molecule has 7 heteroatoms. The van der Waals surface area contributed by atoms with Crippen molar-refractivity contribution in [3.05, 3.63) is 24.3 Å². The predicted molar refractivity (Wildman–Crippen MR) is 90.7 cm³/mol. The van der Waals surface area contributed by atoms with Crippen LogP contribution in [0.15, 0.2) is 24.3 Å². The molecule has 4 N–H and O–H groups in total. The van der Waals surface area contributed by atoms with Crippen molar-refractivity contribution in [3.8, 4) is 34.1 Å². The third-order valence-electron chi connectivity index (χ3n) is 3.20. The number of rotatable bonds is 5. The maximum atomic E-state index is 5.95. The van der Waals surface area contributed by atoms with Gasteiger partial charge in [-0.15, -0.1) is 0 Å². The maximum absolute atomic E-state index is 5.95. The van der Waals surface area contributed by atoms with Gasteiger partial charge in [0.05, 0.1) is 30.8 Å². The molecule has 0 heterocycles. The van der Waals surface area contributed by atoms with Crippen LogP contribution in [0.2, 0.25) is 0 Å². The first-order chi connectivity index (χ1) is 10.5. The summed E-state index contributed by atoms with van der Waals surface area (Å²) in [5, 5.41) is 0. The summed E-state index contributed by atoms with van der Waals surface area (Å²) >= 11 is 0. The Morgan fingerprint density at radius 3 is 1.59 bits per heavy atom. The molecule has 0 fully saturated rings. The summed E-state index contributed by atoms with van der Waals surface area (Å²) in [6.45, 7) is 0. The number of methoxy groups -OCH3 is 3. The Bertz CT molecular complexity index is 632. The molecule has 118 valence electrons. The molecular formula is C15H19N2O4P. The molecule has 0 spiro atoms. The number of ether oxygens (including phenoxy) is 3. The van der Waals surface area contributed by atoms with Crippen LogP contribution in [0, 0.1) is 0 Å². The molecule has 0 aliphatic carbocycles. The van der Waals surface area contributed by atoms with Gasteiger partial charge in [0, 0.05) is 34.6 Å². The van der Waals surface area contributed by atoms with Crippen LogP contribution in [0.5, 0.6) is 23.0 Å². The SMILES string of the molecule is COc1cc(N)cc(-c2cc(N)cc(OP)c2OC)c1OC. The monoisotopic (exact) mass is 322 g/mol. The van der Waals surface area contributed by atoms with E-state index in [4.69, 9.17) is 30.2 Å². The lowest BCUT2D eigenvalue weighted by atomic mass is 10.0. The molecule has 2 rings (SSSR count). The van der Waals surface area contributed by atoms with Crippen molar-refractivity contribution in [3.63, 3.8) is 0 Å². The molecule has 22 heavy (non-hydrogen) atoms. The first-order valence-electron chi connectivity index (χ1n) is 6.41. The van der Waals surface area contributed by atoms with Crippen LogP contribution in [0.1, 0.15) is 0 Å². The van der Waals surface area contributed by atoms with Gasteiger partial charge in [0.25, 0.3) is 0 Å². The zero-order valence-electron chi connectivity index (χ0n) is 12.7. The molecule has 0 saturated heterocycles. The van der Waals surface area contributed by atoms with Gasteiger partial charge in [-0.1, -0.05) is 0 Å². The molecule has 0 radical (unpaired) electrons. The van der Waals surface area contributed by atoms with Gasteiger partial charge in [-0.2, -0.15) is 0 Å². The third kappa shape index (κ3) is 2.83. The Hall–Kier alpha value is -2.33. The van der Waals surface area contributed by atoms with Crippen molar-refractivity contribution in [2.24, 2.45) is 0 Å². The van der Waals surface area contributed by atoms with E-state index in [9.17, 15) is 0 Å². The summed E-state index contributed by atoms with van der Waals surface area (Å²) in [5.41, 5.74) is 14.4. The molecule has 1 atom stereocenters. The second-order valence-electron chi connectivity index (χ2n) is 4.52. The Morgan fingerprint density at radius 2 is 1.18 bits per heavy atom. The molecule has 0 aliphatic heterocycles. The van der Waals surface area contributed by atoms with Crippen LogP contribution < -0.4 is 30.2 Å². The Kier molecular flexibility index (Phi) is 4.83. The lowest BCUT2D eigenvalue weighted by Gasteiger charge is -2.18. The molecule has 2 aromatic rings. The summed E-state index contributed by atoms with van der Waals surface area (Å²) in [6, 6.07) is 6.90. The number of benzene rings is 2. The standard InChI is InChI=1S/C15H19N2O4P/c1-18-12-6-8(16)4-10(14(12)19-2)11-5-9(17)7-13(21-22)15(11)20-3/h4-7H,16-17,22H2,1-3H3. The maximum Gasteiger partial charge on any atom is 0.169 e. The third-order valence-corrected chi connectivity index (χ3v) is 3.45. The van der Waals surface area contributed by atoms with E-state index < -0.39 is 0 Å². The normalized spacial score (nSPS) is 10.2. The highest BCUT2D eigenvalue weighted by atomic mass is 31.0. The number of hydrogen-bond acceptors (Lipinski definition) is 6. The van der Waals surface area contributed by atoms with Gasteiger partial charge < -0.3 is 30.2 Å². The summed E-state index contributed by atoms with van der Waals surface area (Å²) in [6.07, 6.45) is 0. The summed E-state index contributed by atoms with van der Waals surface area (Å²) in [7, 11) is 6.84. The van der Waals surface area contributed by atoms with Crippen LogP contribution >= 0.6 is 9.47 Å². The Balaban J connectivity index is 2.81. The van der Waals surface area contributed by atoms with Gasteiger partial charge in [-0.25, -0.2) is 0 Å². The quantitative estimate of drug-likeness (QED) is 0.650. The number of hydrogen-bond donors (Lipinski definition) is 2. The molecule has 2 aromatic carbocycles. The van der Waals surface area contributed by atoms with Crippen LogP contribution in [0.3, 0.4) is 0 Å². The van der Waals surface area contributed by atoms with Gasteiger partial charge >= 0.3 is 0 Å². The smallest absolute Gasteiger partial charge is 0.169 e. The van der Waals surface area contributed by atoms with Crippen molar-refractivity contribution in [1.82, 2.24) is 0 Å². The minimum Gasteiger partial charge on any atom is -0.493 e. The Morgan fingerprint density at radius 1 is 0.727 bits per heavy atom. The van der Waals surface area contributed by atoms with Crippen molar-refractivity contribution >= 4 is 20.8 Å². The van der Waals surface area contributed by atoms with Gasteiger partial charge in [-0.3, -0.25) is 0 Å². The van der Waals surface area contributed by atoms with Crippen molar-refractivity contribution < 1.29 is 18.7 Å². The first kappa shape index (κ1) is 16.0. The van der Waals surface area contributed by atoms with Gasteiger partial charge in [0.15, 0.2) is 23.0 Å². The van der Waals surface area contributed by atoms with E-state index in [1.807, 2.05) is 0 Å². The topological polar surface area (TPSA) is 89.0 Å². The molecular weight excluding hydrogens is 303 g/mol. The summed E-state index contributed by atoms with van der Waals surface area (Å²) < 4.78 is 21.5. The first-order valence-corrected chi connectivity index (χ1v) is 6.89. The summed E-state index contributed by atoms with van der Waals surface area (Å²) in [5.74, 6) is 2.08. The largest absolute Gasteiger partial charge is 0.493 e. The molecule has 0 amide bonds. The minimum absolute atomic E-state index is 0.492. The second kappa shape index (κ2) is 6.62. The van der Waals surface area contributed by atoms with E-state index in [2.05, 4.69) is 9.47 Å². The van der Waals surface area contributed by atoms with Gasteiger partial charge in [0.2, 0.25) is 0 Å². The highest BCUT2D eigenvalue weighted by molar-refractivity contribution is 7.10. The zero-order chi connectivity index (χ0) is 16.3. The average Bonchev–Trinajstić information content (AvgIpc) is 2.52. The molecule has 1 unspecified atom stereocenters. The fourth-order valence-corrected chi connectivity index (χ4v) is 2.48. The molecule has 0 saturated carbocycles. The van der Waals surface area contributed by atoms with E-state index >= 15 is 0 Å². The van der Waals surface area contributed by atoms with Crippen LogP contribution in [-0.2, 0) is 0 Å².